The topological polar surface area (TPSA) is 71.3 Å². The predicted octanol–water partition coefficient (Wildman–Crippen LogP) is 6.20. The number of halogens is 1. The van der Waals surface area contributed by atoms with Crippen LogP contribution in [-0.4, -0.2) is 18.9 Å². The molecule has 5 rings (SSSR count). The first-order valence-corrected chi connectivity index (χ1v) is 11.5. The molecule has 0 unspecified atom stereocenters. The smallest absolute Gasteiger partial charge is 0.255 e. The van der Waals surface area contributed by atoms with Gasteiger partial charge in [0.05, 0.1) is 5.56 Å². The average Bonchev–Trinajstić information content (AvgIpc) is 3.31. The van der Waals surface area contributed by atoms with Crippen LogP contribution in [0.3, 0.4) is 0 Å². The van der Waals surface area contributed by atoms with Crippen molar-refractivity contribution >= 4 is 22.8 Å². The Morgan fingerprint density at radius 3 is 2.25 bits per heavy atom. The van der Waals surface area contributed by atoms with Crippen LogP contribution in [0.25, 0.3) is 33.4 Å². The van der Waals surface area contributed by atoms with Gasteiger partial charge in [-0.1, -0.05) is 48.5 Å². The van der Waals surface area contributed by atoms with Gasteiger partial charge in [-0.05, 0) is 65.2 Å². The summed E-state index contributed by atoms with van der Waals surface area (Å²) >= 11 is 0. The zero-order chi connectivity index (χ0) is 25.1. The Balaban J connectivity index is 1.50. The summed E-state index contributed by atoms with van der Waals surface area (Å²) in [5, 5.41) is 6.24. The van der Waals surface area contributed by atoms with Gasteiger partial charge >= 0.3 is 0 Å². The predicted molar refractivity (Wildman–Crippen MR) is 138 cm³/mol. The Bertz CT molecular complexity index is 1560. The minimum absolute atomic E-state index is 0.172. The minimum atomic E-state index is -0.369. The lowest BCUT2D eigenvalue weighted by molar-refractivity contribution is 0.0947. The van der Waals surface area contributed by atoms with Crippen molar-refractivity contribution in [2.24, 2.45) is 0 Å². The zero-order valence-electron chi connectivity index (χ0n) is 19.5. The van der Waals surface area contributed by atoms with E-state index in [9.17, 15) is 14.0 Å². The second kappa shape index (κ2) is 9.88. The molecule has 0 radical (unpaired) electrons. The summed E-state index contributed by atoms with van der Waals surface area (Å²) < 4.78 is 19.5. The highest BCUT2D eigenvalue weighted by atomic mass is 19.1. The molecule has 0 fully saturated rings. The summed E-state index contributed by atoms with van der Waals surface area (Å²) in [5.74, 6) is -0.476. The Labute approximate surface area is 207 Å². The molecule has 1 heterocycles. The highest BCUT2D eigenvalue weighted by molar-refractivity contribution is 6.11. The van der Waals surface area contributed by atoms with Crippen molar-refractivity contribution in [1.29, 1.82) is 0 Å². The molecular weight excluding hydrogens is 455 g/mol. The van der Waals surface area contributed by atoms with E-state index in [1.165, 1.54) is 12.1 Å². The molecule has 0 atom stereocenters. The van der Waals surface area contributed by atoms with Crippen LogP contribution in [0.5, 0.6) is 0 Å². The molecule has 36 heavy (non-hydrogen) atoms. The summed E-state index contributed by atoms with van der Waals surface area (Å²) in [6, 6.07) is 28.4. The lowest BCUT2D eigenvalue weighted by Crippen LogP contribution is -2.22. The molecule has 0 aliphatic heterocycles. The van der Waals surface area contributed by atoms with Gasteiger partial charge in [-0.25, -0.2) is 4.39 Å². The molecule has 5 aromatic rings. The quantitative estimate of drug-likeness (QED) is 0.305. The van der Waals surface area contributed by atoms with Crippen LogP contribution in [0.4, 0.5) is 4.39 Å². The highest BCUT2D eigenvalue weighted by Crippen LogP contribution is 2.36. The van der Waals surface area contributed by atoms with Crippen molar-refractivity contribution in [3.63, 3.8) is 0 Å². The summed E-state index contributed by atoms with van der Waals surface area (Å²) in [5.41, 5.74) is 4.73. The van der Waals surface area contributed by atoms with Crippen LogP contribution in [0.1, 0.15) is 26.3 Å². The number of fused-ring (bicyclic) bond motifs is 1. The minimum Gasteiger partial charge on any atom is -0.455 e. The molecule has 2 amide bonds. The van der Waals surface area contributed by atoms with Gasteiger partial charge in [0, 0.05) is 30.1 Å². The molecule has 0 spiro atoms. The third-order valence-electron chi connectivity index (χ3n) is 6.00. The molecule has 4 aromatic carbocycles. The summed E-state index contributed by atoms with van der Waals surface area (Å²) in [6.45, 7) is 0.437. The fourth-order valence-corrected chi connectivity index (χ4v) is 4.15. The van der Waals surface area contributed by atoms with Crippen molar-refractivity contribution in [3.05, 3.63) is 120 Å². The summed E-state index contributed by atoms with van der Waals surface area (Å²) in [7, 11) is 1.55. The first-order chi connectivity index (χ1) is 17.5. The van der Waals surface area contributed by atoms with Crippen LogP contribution in [0.15, 0.2) is 101 Å². The number of hydrogen-bond acceptors (Lipinski definition) is 3. The van der Waals surface area contributed by atoms with Crippen LogP contribution in [-0.2, 0) is 6.54 Å². The normalized spacial score (nSPS) is 10.8. The van der Waals surface area contributed by atoms with E-state index in [1.54, 1.807) is 31.3 Å². The second-order valence-corrected chi connectivity index (χ2v) is 8.35. The molecule has 6 heteroatoms. The molecule has 0 aliphatic rings. The van der Waals surface area contributed by atoms with E-state index in [0.717, 1.165) is 16.7 Å². The molecular formula is C30H23FN2O3. The van der Waals surface area contributed by atoms with Crippen molar-refractivity contribution in [1.82, 2.24) is 10.6 Å². The first kappa shape index (κ1) is 23.1. The van der Waals surface area contributed by atoms with E-state index >= 15 is 0 Å². The van der Waals surface area contributed by atoms with Gasteiger partial charge in [0.25, 0.3) is 11.8 Å². The molecule has 1 aromatic heterocycles. The Morgan fingerprint density at radius 1 is 0.778 bits per heavy atom. The first-order valence-electron chi connectivity index (χ1n) is 11.5. The van der Waals surface area contributed by atoms with Gasteiger partial charge in [0.1, 0.15) is 17.2 Å². The standard InChI is InChI=1S/C30H23FN2O3/c1-32-30(35)27-25-17-22(12-15-26(25)36-28(27)20-10-13-24(31)14-11-20)21-8-5-9-23(16-21)29(34)33-18-19-6-3-2-4-7-19/h2-17H,18H2,1H3,(H,32,35)(H,33,34). The monoisotopic (exact) mass is 478 g/mol. The molecule has 0 bridgehead atoms. The number of benzene rings is 4. The number of rotatable bonds is 6. The van der Waals surface area contributed by atoms with Gasteiger partial charge in [0.2, 0.25) is 0 Å². The largest absolute Gasteiger partial charge is 0.455 e. The lowest BCUT2D eigenvalue weighted by Gasteiger charge is -2.08. The second-order valence-electron chi connectivity index (χ2n) is 8.35. The molecule has 0 aliphatic carbocycles. The van der Waals surface area contributed by atoms with Gasteiger partial charge < -0.3 is 15.1 Å². The van der Waals surface area contributed by atoms with Gasteiger partial charge in [-0.15, -0.1) is 0 Å². The van der Waals surface area contributed by atoms with Crippen molar-refractivity contribution in [2.45, 2.75) is 6.54 Å². The maximum atomic E-state index is 13.5. The van der Waals surface area contributed by atoms with Gasteiger partial charge in [-0.3, -0.25) is 9.59 Å². The maximum Gasteiger partial charge on any atom is 0.255 e. The summed E-state index contributed by atoms with van der Waals surface area (Å²) in [6.07, 6.45) is 0. The molecule has 0 saturated carbocycles. The molecule has 0 saturated heterocycles. The van der Waals surface area contributed by atoms with Crippen molar-refractivity contribution in [3.8, 4) is 22.5 Å². The van der Waals surface area contributed by atoms with E-state index < -0.39 is 0 Å². The number of nitrogens with one attached hydrogen (secondary N) is 2. The fourth-order valence-electron chi connectivity index (χ4n) is 4.15. The van der Waals surface area contributed by atoms with E-state index in [-0.39, 0.29) is 17.6 Å². The van der Waals surface area contributed by atoms with Crippen LogP contribution < -0.4 is 10.6 Å². The van der Waals surface area contributed by atoms with E-state index in [0.29, 0.717) is 40.0 Å². The van der Waals surface area contributed by atoms with Crippen molar-refractivity contribution < 1.29 is 18.4 Å². The van der Waals surface area contributed by atoms with E-state index in [4.69, 9.17) is 4.42 Å². The molecule has 2 N–H and O–H groups in total. The molecule has 5 nitrogen and oxygen atoms in total. The summed E-state index contributed by atoms with van der Waals surface area (Å²) in [4.78, 5) is 25.6. The van der Waals surface area contributed by atoms with E-state index in [2.05, 4.69) is 10.6 Å². The van der Waals surface area contributed by atoms with Crippen LogP contribution in [0, 0.1) is 5.82 Å². The van der Waals surface area contributed by atoms with Crippen LogP contribution >= 0.6 is 0 Å². The number of furan rings is 1. The number of carbonyl (C=O) groups excluding carboxylic acids is 2. The third-order valence-corrected chi connectivity index (χ3v) is 6.00. The maximum absolute atomic E-state index is 13.5. The lowest BCUT2D eigenvalue weighted by atomic mass is 9.99. The van der Waals surface area contributed by atoms with Crippen LogP contribution in [0.2, 0.25) is 0 Å². The van der Waals surface area contributed by atoms with Gasteiger partial charge in [-0.2, -0.15) is 0 Å². The number of carbonyl (C=O) groups is 2. The van der Waals surface area contributed by atoms with Crippen molar-refractivity contribution in [2.75, 3.05) is 7.05 Å². The number of hydrogen-bond donors (Lipinski definition) is 2. The SMILES string of the molecule is CNC(=O)c1c(-c2ccc(F)cc2)oc2ccc(-c3cccc(C(=O)NCc4ccccc4)c3)cc12. The Hall–Kier alpha value is -4.71. The fraction of sp³-hybridized carbons (Fsp3) is 0.0667. The van der Waals surface area contributed by atoms with E-state index in [1.807, 2.05) is 60.7 Å². The Kier molecular flexibility index (Phi) is 6.33. The zero-order valence-corrected chi connectivity index (χ0v) is 19.5. The third kappa shape index (κ3) is 4.61. The average molecular weight is 479 g/mol. The highest BCUT2D eigenvalue weighted by Gasteiger charge is 2.22. The van der Waals surface area contributed by atoms with Gasteiger partial charge in [0.15, 0.2) is 0 Å². The molecule has 178 valence electrons. The number of amides is 2. The Morgan fingerprint density at radius 2 is 1.50 bits per heavy atom.